The molecule has 1 heterocycles. The smallest absolute Gasteiger partial charge is 0.227 e. The molecule has 0 aliphatic rings. The third-order valence-electron chi connectivity index (χ3n) is 4.12. The van der Waals surface area contributed by atoms with Gasteiger partial charge in [-0.05, 0) is 69.9 Å². The molecule has 0 spiro atoms. The summed E-state index contributed by atoms with van der Waals surface area (Å²) in [7, 11) is 0. The Labute approximate surface area is 136 Å². The normalized spacial score (nSPS) is 11.4. The molecular weight excluding hydrogens is 338 g/mol. The molecule has 0 aliphatic heterocycles. The predicted molar refractivity (Wildman–Crippen MR) is 94.1 cm³/mol. The molecule has 3 heteroatoms. The fraction of sp³-hybridized carbons (Fsp3) is 0.105. The van der Waals surface area contributed by atoms with Gasteiger partial charge in [-0.15, -0.1) is 0 Å². The fourth-order valence-electron chi connectivity index (χ4n) is 2.69. The van der Waals surface area contributed by atoms with E-state index in [0.717, 1.165) is 21.1 Å². The second-order valence-corrected chi connectivity index (χ2v) is 6.35. The molecule has 22 heavy (non-hydrogen) atoms. The molecule has 4 aromatic rings. The Morgan fingerprint density at radius 2 is 1.73 bits per heavy atom. The van der Waals surface area contributed by atoms with Crippen molar-refractivity contribution in [1.82, 2.24) is 4.98 Å². The molecule has 0 radical (unpaired) electrons. The average Bonchev–Trinajstić information content (AvgIpc) is 2.96. The molecule has 0 atom stereocenters. The van der Waals surface area contributed by atoms with Crippen LogP contribution in [0.3, 0.4) is 0 Å². The number of rotatable bonds is 1. The van der Waals surface area contributed by atoms with E-state index in [0.29, 0.717) is 5.89 Å². The predicted octanol–water partition coefficient (Wildman–Crippen LogP) is 6.03. The summed E-state index contributed by atoms with van der Waals surface area (Å²) in [6.07, 6.45) is 0. The first-order valence-electron chi connectivity index (χ1n) is 7.19. The molecule has 0 amide bonds. The lowest BCUT2D eigenvalue weighted by atomic mass is 10.1. The molecule has 0 fully saturated rings. The van der Waals surface area contributed by atoms with Crippen LogP contribution in [0.5, 0.6) is 0 Å². The van der Waals surface area contributed by atoms with Gasteiger partial charge in [0.1, 0.15) is 5.52 Å². The number of benzene rings is 3. The summed E-state index contributed by atoms with van der Waals surface area (Å²) in [6, 6.07) is 16.6. The van der Waals surface area contributed by atoms with Crippen LogP contribution in [0.25, 0.3) is 33.3 Å². The Morgan fingerprint density at radius 1 is 0.955 bits per heavy atom. The van der Waals surface area contributed by atoms with Crippen molar-refractivity contribution in [3.8, 4) is 11.5 Å². The number of aromatic nitrogens is 1. The van der Waals surface area contributed by atoms with Gasteiger partial charge >= 0.3 is 0 Å². The van der Waals surface area contributed by atoms with Crippen molar-refractivity contribution in [2.24, 2.45) is 0 Å². The second kappa shape index (κ2) is 4.96. The van der Waals surface area contributed by atoms with E-state index < -0.39 is 0 Å². The molecule has 4 rings (SSSR count). The number of aryl methyl sites for hydroxylation is 1. The van der Waals surface area contributed by atoms with Gasteiger partial charge < -0.3 is 4.42 Å². The summed E-state index contributed by atoms with van der Waals surface area (Å²) < 4.78 is 7.00. The van der Waals surface area contributed by atoms with Crippen molar-refractivity contribution in [2.45, 2.75) is 13.8 Å². The Bertz CT molecular complexity index is 1020. The summed E-state index contributed by atoms with van der Waals surface area (Å²) >= 11 is 3.62. The SMILES string of the molecule is Cc1cc2nc(-c3ccc4ccccc4c3)oc2c(Br)c1C. The zero-order valence-electron chi connectivity index (χ0n) is 12.4. The van der Waals surface area contributed by atoms with E-state index in [-0.39, 0.29) is 0 Å². The number of nitrogens with zero attached hydrogens (tertiary/aromatic N) is 1. The molecule has 3 aromatic carbocycles. The molecule has 1 aromatic heterocycles. The summed E-state index contributed by atoms with van der Waals surface area (Å²) in [5.41, 5.74) is 5.09. The molecule has 0 bridgehead atoms. The lowest BCUT2D eigenvalue weighted by Gasteiger charge is -2.01. The molecule has 0 N–H and O–H groups in total. The molecule has 2 nitrogen and oxygen atoms in total. The van der Waals surface area contributed by atoms with Gasteiger partial charge in [-0.3, -0.25) is 0 Å². The fourth-order valence-corrected chi connectivity index (χ4v) is 3.29. The summed E-state index contributed by atoms with van der Waals surface area (Å²) in [5.74, 6) is 0.659. The Hall–Kier alpha value is -2.13. The van der Waals surface area contributed by atoms with Crippen molar-refractivity contribution < 1.29 is 4.42 Å². The maximum Gasteiger partial charge on any atom is 0.227 e. The second-order valence-electron chi connectivity index (χ2n) is 5.56. The van der Waals surface area contributed by atoms with E-state index in [1.807, 2.05) is 12.1 Å². The van der Waals surface area contributed by atoms with E-state index in [9.17, 15) is 0 Å². The molecule has 0 saturated heterocycles. The molecule has 108 valence electrons. The highest BCUT2D eigenvalue weighted by Crippen LogP contribution is 2.34. The Balaban J connectivity index is 1.94. The topological polar surface area (TPSA) is 26.0 Å². The van der Waals surface area contributed by atoms with E-state index >= 15 is 0 Å². The number of hydrogen-bond acceptors (Lipinski definition) is 2. The highest BCUT2D eigenvalue weighted by molar-refractivity contribution is 9.10. The number of oxazole rings is 1. The first kappa shape index (κ1) is 13.5. The van der Waals surface area contributed by atoms with Crippen molar-refractivity contribution >= 4 is 37.8 Å². The highest BCUT2D eigenvalue weighted by Gasteiger charge is 2.14. The van der Waals surface area contributed by atoms with E-state index in [2.05, 4.69) is 71.2 Å². The third kappa shape index (κ3) is 2.04. The van der Waals surface area contributed by atoms with E-state index in [4.69, 9.17) is 4.42 Å². The Morgan fingerprint density at radius 3 is 2.55 bits per heavy atom. The molecule has 0 aliphatic carbocycles. The zero-order chi connectivity index (χ0) is 15.3. The van der Waals surface area contributed by atoms with Crippen molar-refractivity contribution in [1.29, 1.82) is 0 Å². The lowest BCUT2D eigenvalue weighted by molar-refractivity contribution is 0.618. The van der Waals surface area contributed by atoms with Crippen LogP contribution in [0.1, 0.15) is 11.1 Å². The van der Waals surface area contributed by atoms with E-state index in [1.165, 1.54) is 21.9 Å². The van der Waals surface area contributed by atoms with Crippen molar-refractivity contribution in [3.63, 3.8) is 0 Å². The molecular formula is C19H14BrNO. The quantitative estimate of drug-likeness (QED) is 0.418. The number of hydrogen-bond donors (Lipinski definition) is 0. The van der Waals surface area contributed by atoms with Gasteiger partial charge in [-0.25, -0.2) is 4.98 Å². The van der Waals surface area contributed by atoms with Gasteiger partial charge in [0.05, 0.1) is 4.47 Å². The maximum atomic E-state index is 6.01. The van der Waals surface area contributed by atoms with Crippen LogP contribution in [0, 0.1) is 13.8 Å². The monoisotopic (exact) mass is 351 g/mol. The zero-order valence-corrected chi connectivity index (χ0v) is 13.9. The first-order valence-corrected chi connectivity index (χ1v) is 7.98. The summed E-state index contributed by atoms with van der Waals surface area (Å²) in [5, 5.41) is 2.41. The summed E-state index contributed by atoms with van der Waals surface area (Å²) in [6.45, 7) is 4.17. The van der Waals surface area contributed by atoms with Gasteiger partial charge in [0.25, 0.3) is 0 Å². The van der Waals surface area contributed by atoms with Gasteiger partial charge in [-0.1, -0.05) is 30.3 Å². The largest absolute Gasteiger partial charge is 0.435 e. The Kier molecular flexibility index (Phi) is 3.05. The standard InChI is InChI=1S/C19H14BrNO/c1-11-9-16-18(17(20)12(11)2)22-19(21-16)15-8-7-13-5-3-4-6-14(13)10-15/h3-10H,1-2H3. The number of halogens is 1. The highest BCUT2D eigenvalue weighted by atomic mass is 79.9. The molecule has 0 saturated carbocycles. The lowest BCUT2D eigenvalue weighted by Crippen LogP contribution is -1.83. The minimum Gasteiger partial charge on any atom is -0.435 e. The van der Waals surface area contributed by atoms with Crippen LogP contribution in [0.15, 0.2) is 57.4 Å². The van der Waals surface area contributed by atoms with Gasteiger partial charge in [0.2, 0.25) is 5.89 Å². The summed E-state index contributed by atoms with van der Waals surface area (Å²) in [4.78, 5) is 4.66. The van der Waals surface area contributed by atoms with Gasteiger partial charge in [0, 0.05) is 5.56 Å². The van der Waals surface area contributed by atoms with Crippen molar-refractivity contribution in [3.05, 3.63) is 64.1 Å². The first-order chi connectivity index (χ1) is 10.6. The van der Waals surface area contributed by atoms with Crippen molar-refractivity contribution in [2.75, 3.05) is 0 Å². The van der Waals surface area contributed by atoms with Crippen LogP contribution < -0.4 is 0 Å². The maximum absolute atomic E-state index is 6.01. The van der Waals surface area contributed by atoms with Gasteiger partial charge in [0.15, 0.2) is 5.58 Å². The van der Waals surface area contributed by atoms with Crippen LogP contribution in [0.4, 0.5) is 0 Å². The average molecular weight is 352 g/mol. The minimum absolute atomic E-state index is 0.659. The van der Waals surface area contributed by atoms with Crippen LogP contribution in [0.2, 0.25) is 0 Å². The van der Waals surface area contributed by atoms with Crippen LogP contribution in [-0.4, -0.2) is 4.98 Å². The van der Waals surface area contributed by atoms with E-state index in [1.54, 1.807) is 0 Å². The third-order valence-corrected chi connectivity index (χ3v) is 5.08. The molecule has 0 unspecified atom stereocenters. The van der Waals surface area contributed by atoms with Crippen LogP contribution >= 0.6 is 15.9 Å². The minimum atomic E-state index is 0.659. The van der Waals surface area contributed by atoms with Crippen LogP contribution in [-0.2, 0) is 0 Å². The van der Waals surface area contributed by atoms with Gasteiger partial charge in [-0.2, -0.15) is 0 Å². The number of fused-ring (bicyclic) bond motifs is 2.